The van der Waals surface area contributed by atoms with Crippen LogP contribution >= 0.6 is 0 Å². The Balaban J connectivity index is 1.63. The molecule has 26 heavy (non-hydrogen) atoms. The lowest BCUT2D eigenvalue weighted by atomic mass is 9.86. The topological polar surface area (TPSA) is 76.6 Å². The molecule has 4 rings (SSSR count). The highest BCUT2D eigenvalue weighted by atomic mass is 16.5. The lowest BCUT2D eigenvalue weighted by molar-refractivity contribution is -0.146. The van der Waals surface area contributed by atoms with E-state index in [4.69, 9.17) is 9.47 Å². The number of morpholine rings is 1. The lowest BCUT2D eigenvalue weighted by Gasteiger charge is -2.29. The Labute approximate surface area is 151 Å². The van der Waals surface area contributed by atoms with E-state index in [1.54, 1.807) is 0 Å². The van der Waals surface area contributed by atoms with Gasteiger partial charge in [0, 0.05) is 19.1 Å². The Hall–Kier alpha value is -2.28. The lowest BCUT2D eigenvalue weighted by Crippen LogP contribution is -2.36. The van der Waals surface area contributed by atoms with Crippen molar-refractivity contribution < 1.29 is 14.3 Å². The van der Waals surface area contributed by atoms with Gasteiger partial charge in [0.25, 0.3) is 0 Å². The second kappa shape index (κ2) is 7.15. The number of nitrogens with one attached hydrogen (secondary N) is 1. The zero-order valence-electron chi connectivity index (χ0n) is 15.1. The predicted octanol–water partition coefficient (Wildman–Crippen LogP) is 2.07. The highest BCUT2D eigenvalue weighted by Gasteiger charge is 2.29. The number of benzene rings is 1. The molecule has 1 saturated carbocycles. The molecule has 0 atom stereocenters. The molecule has 0 amide bonds. The molecule has 1 saturated heterocycles. The van der Waals surface area contributed by atoms with Crippen LogP contribution in [0.25, 0.3) is 11.0 Å². The first-order chi connectivity index (χ1) is 12.7. The highest BCUT2D eigenvalue weighted by molar-refractivity contribution is 5.89. The molecule has 2 heterocycles. The van der Waals surface area contributed by atoms with Gasteiger partial charge in [-0.25, -0.2) is 4.79 Å². The average Bonchev–Trinajstić information content (AvgIpc) is 3.04. The van der Waals surface area contributed by atoms with Gasteiger partial charge in [-0.2, -0.15) is 0 Å². The van der Waals surface area contributed by atoms with E-state index in [0.717, 1.165) is 55.5 Å². The molecule has 1 aromatic carbocycles. The largest absolute Gasteiger partial charge is 0.469 e. The van der Waals surface area contributed by atoms with Crippen LogP contribution in [0.1, 0.15) is 31.7 Å². The van der Waals surface area contributed by atoms with Crippen LogP contribution in [0.5, 0.6) is 0 Å². The van der Waals surface area contributed by atoms with Gasteiger partial charge >= 0.3 is 11.7 Å². The van der Waals surface area contributed by atoms with Crippen molar-refractivity contribution in [1.82, 2.24) is 9.55 Å². The molecule has 1 aromatic heterocycles. The van der Waals surface area contributed by atoms with Crippen LogP contribution in [0.15, 0.2) is 23.0 Å². The van der Waals surface area contributed by atoms with Gasteiger partial charge in [0.15, 0.2) is 0 Å². The number of imidazole rings is 1. The van der Waals surface area contributed by atoms with Crippen molar-refractivity contribution in [2.24, 2.45) is 5.92 Å². The number of hydrogen-bond donors (Lipinski definition) is 1. The second-order valence-electron chi connectivity index (χ2n) is 7.10. The van der Waals surface area contributed by atoms with Gasteiger partial charge in [-0.05, 0) is 37.8 Å². The molecule has 2 aromatic rings. The number of hydrogen-bond acceptors (Lipinski definition) is 5. The number of carbonyl (C=O) groups excluding carboxylic acids is 1. The summed E-state index contributed by atoms with van der Waals surface area (Å²) in [6, 6.07) is 6.19. The smallest absolute Gasteiger partial charge is 0.326 e. The number of aromatic nitrogens is 2. The number of carbonyl (C=O) groups is 1. The maximum Gasteiger partial charge on any atom is 0.326 e. The van der Waals surface area contributed by atoms with Gasteiger partial charge in [-0.15, -0.1) is 0 Å². The fourth-order valence-corrected chi connectivity index (χ4v) is 4.30. The molecular weight excluding hydrogens is 334 g/mol. The van der Waals surface area contributed by atoms with E-state index in [2.05, 4.69) is 16.0 Å². The maximum absolute atomic E-state index is 12.7. The van der Waals surface area contributed by atoms with Crippen LogP contribution in [0, 0.1) is 5.92 Å². The van der Waals surface area contributed by atoms with Crippen molar-refractivity contribution in [2.45, 2.75) is 31.7 Å². The summed E-state index contributed by atoms with van der Waals surface area (Å²) < 4.78 is 12.2. The Kier molecular flexibility index (Phi) is 4.72. The summed E-state index contributed by atoms with van der Waals surface area (Å²) in [4.78, 5) is 29.8. The molecule has 2 aliphatic rings. The number of aromatic amines is 1. The molecule has 7 heteroatoms. The number of nitrogens with zero attached hydrogens (tertiary/aromatic N) is 2. The SMILES string of the molecule is COC(=O)C1CCC(n2c(=O)[nH]c3c(N4CCOCC4)cccc32)CC1. The minimum absolute atomic E-state index is 0.0407. The number of rotatable bonds is 3. The van der Waals surface area contributed by atoms with Gasteiger partial charge in [0.05, 0.1) is 43.0 Å². The first-order valence-electron chi connectivity index (χ1n) is 9.33. The summed E-state index contributed by atoms with van der Waals surface area (Å²) in [5, 5.41) is 0. The molecule has 140 valence electrons. The third kappa shape index (κ3) is 3.00. The Bertz CT molecular complexity index is 842. The zero-order chi connectivity index (χ0) is 18.1. The van der Waals surface area contributed by atoms with Crippen molar-refractivity contribution in [2.75, 3.05) is 38.3 Å². The molecule has 0 bridgehead atoms. The van der Waals surface area contributed by atoms with Gasteiger partial charge < -0.3 is 19.4 Å². The summed E-state index contributed by atoms with van der Waals surface area (Å²) >= 11 is 0. The van der Waals surface area contributed by atoms with Crippen LogP contribution in [0.3, 0.4) is 0 Å². The van der Waals surface area contributed by atoms with E-state index in [9.17, 15) is 9.59 Å². The van der Waals surface area contributed by atoms with Crippen LogP contribution in [-0.2, 0) is 14.3 Å². The summed E-state index contributed by atoms with van der Waals surface area (Å²) in [5.74, 6) is -0.176. The minimum atomic E-state index is -0.135. The van der Waals surface area contributed by atoms with Gasteiger partial charge in [0.1, 0.15) is 0 Å². The van der Waals surface area contributed by atoms with Crippen molar-refractivity contribution >= 4 is 22.7 Å². The number of ether oxygens (including phenoxy) is 2. The van der Waals surface area contributed by atoms with E-state index in [0.29, 0.717) is 13.2 Å². The minimum Gasteiger partial charge on any atom is -0.469 e. The fraction of sp³-hybridized carbons (Fsp3) is 0.579. The Morgan fingerprint density at radius 1 is 1.19 bits per heavy atom. The second-order valence-corrected chi connectivity index (χ2v) is 7.10. The number of methoxy groups -OCH3 is 1. The van der Waals surface area contributed by atoms with Gasteiger partial charge in [-0.1, -0.05) is 6.07 Å². The van der Waals surface area contributed by atoms with E-state index < -0.39 is 0 Å². The van der Waals surface area contributed by atoms with Crippen molar-refractivity contribution in [3.63, 3.8) is 0 Å². The van der Waals surface area contributed by atoms with Crippen LogP contribution in [0.4, 0.5) is 5.69 Å². The monoisotopic (exact) mass is 359 g/mol. The first-order valence-corrected chi connectivity index (χ1v) is 9.33. The maximum atomic E-state index is 12.7. The molecule has 0 spiro atoms. The zero-order valence-corrected chi connectivity index (χ0v) is 15.1. The molecule has 2 fully saturated rings. The number of fused-ring (bicyclic) bond motifs is 1. The first kappa shape index (κ1) is 17.1. The third-order valence-corrected chi connectivity index (χ3v) is 5.68. The fourth-order valence-electron chi connectivity index (χ4n) is 4.30. The number of H-pyrrole nitrogens is 1. The van der Waals surface area contributed by atoms with E-state index in [-0.39, 0.29) is 23.6 Å². The van der Waals surface area contributed by atoms with E-state index >= 15 is 0 Å². The van der Waals surface area contributed by atoms with Crippen LogP contribution < -0.4 is 10.6 Å². The molecule has 1 aliphatic carbocycles. The van der Waals surface area contributed by atoms with Crippen LogP contribution in [0.2, 0.25) is 0 Å². The molecule has 0 unspecified atom stereocenters. The molecule has 1 aliphatic heterocycles. The standard InChI is InChI=1S/C19H25N3O4/c1-25-18(23)13-5-7-14(8-6-13)22-16-4-2-3-15(17(16)20-19(22)24)21-9-11-26-12-10-21/h2-4,13-14H,5-12H2,1H3,(H,20,24). The molecular formula is C19H25N3O4. The van der Waals surface area contributed by atoms with Crippen molar-refractivity contribution in [3.05, 3.63) is 28.7 Å². The normalized spacial score (nSPS) is 24.0. The van der Waals surface area contributed by atoms with E-state index in [1.807, 2.05) is 16.7 Å². The third-order valence-electron chi connectivity index (χ3n) is 5.68. The molecule has 1 N–H and O–H groups in total. The number of anilines is 1. The van der Waals surface area contributed by atoms with Gasteiger partial charge in [0.2, 0.25) is 0 Å². The Morgan fingerprint density at radius 2 is 1.92 bits per heavy atom. The quantitative estimate of drug-likeness (QED) is 0.849. The van der Waals surface area contributed by atoms with Gasteiger partial charge in [-0.3, -0.25) is 9.36 Å². The summed E-state index contributed by atoms with van der Waals surface area (Å²) in [7, 11) is 1.44. The average molecular weight is 359 g/mol. The summed E-state index contributed by atoms with van der Waals surface area (Å²) in [5.41, 5.74) is 2.84. The highest BCUT2D eigenvalue weighted by Crippen LogP contribution is 2.35. The molecule has 7 nitrogen and oxygen atoms in total. The predicted molar refractivity (Wildman–Crippen MR) is 98.6 cm³/mol. The Morgan fingerprint density at radius 3 is 2.62 bits per heavy atom. The van der Waals surface area contributed by atoms with E-state index in [1.165, 1.54) is 7.11 Å². The van der Waals surface area contributed by atoms with Crippen molar-refractivity contribution in [3.8, 4) is 0 Å². The molecule has 0 radical (unpaired) electrons. The number of esters is 1. The summed E-state index contributed by atoms with van der Waals surface area (Å²) in [6.45, 7) is 3.07. The van der Waals surface area contributed by atoms with Crippen molar-refractivity contribution in [1.29, 1.82) is 0 Å². The van der Waals surface area contributed by atoms with Crippen LogP contribution in [-0.4, -0.2) is 48.9 Å². The summed E-state index contributed by atoms with van der Waals surface area (Å²) in [6.07, 6.45) is 3.15. The number of para-hydroxylation sites is 1.